The first-order valence-corrected chi connectivity index (χ1v) is 9.74. The van der Waals surface area contributed by atoms with Crippen molar-refractivity contribution in [3.63, 3.8) is 0 Å². The summed E-state index contributed by atoms with van der Waals surface area (Å²) in [6, 6.07) is 19.3. The summed E-state index contributed by atoms with van der Waals surface area (Å²) in [5.41, 5.74) is 1.36. The maximum atomic E-state index is 13.2. The Morgan fingerprint density at radius 2 is 1.52 bits per heavy atom. The summed E-state index contributed by atoms with van der Waals surface area (Å²) in [4.78, 5) is 40.2. The highest BCUT2D eigenvalue weighted by Gasteiger charge is 2.43. The minimum Gasteiger partial charge on any atom is -0.454 e. The number of carbonyl (C=O) groups excluding carboxylic acids is 3. The number of rotatable bonds is 5. The molecule has 2 heterocycles. The molecule has 0 bridgehead atoms. The van der Waals surface area contributed by atoms with Crippen molar-refractivity contribution in [3.8, 4) is 17.2 Å². The van der Waals surface area contributed by atoms with Crippen LogP contribution in [0.1, 0.15) is 26.3 Å². The molecule has 154 valence electrons. The molecule has 7 nitrogen and oxygen atoms in total. The van der Waals surface area contributed by atoms with E-state index in [4.69, 9.17) is 14.2 Å². The van der Waals surface area contributed by atoms with E-state index in [-0.39, 0.29) is 30.1 Å². The molecule has 0 radical (unpaired) electrons. The van der Waals surface area contributed by atoms with Crippen molar-refractivity contribution in [2.24, 2.45) is 0 Å². The number of amides is 2. The maximum absolute atomic E-state index is 13.2. The Morgan fingerprint density at radius 1 is 0.871 bits per heavy atom. The van der Waals surface area contributed by atoms with E-state index in [1.807, 2.05) is 30.3 Å². The van der Waals surface area contributed by atoms with E-state index in [1.54, 1.807) is 42.5 Å². The quantitative estimate of drug-likeness (QED) is 0.362. The van der Waals surface area contributed by atoms with Crippen molar-refractivity contribution in [1.29, 1.82) is 0 Å². The first kappa shape index (κ1) is 18.9. The number of hydrogen-bond donors (Lipinski definition) is 0. The SMILES string of the molecule is O=C(Oc1ccc2c(c1)OCO2)C(Cc1ccccc1)N1C(=O)c2ccccc2C1=O. The Balaban J connectivity index is 1.47. The third kappa shape index (κ3) is 3.40. The molecule has 2 amide bonds. The maximum Gasteiger partial charge on any atom is 0.335 e. The van der Waals surface area contributed by atoms with E-state index >= 15 is 0 Å². The van der Waals surface area contributed by atoms with Crippen LogP contribution in [0.25, 0.3) is 0 Å². The molecule has 1 atom stereocenters. The summed E-state index contributed by atoms with van der Waals surface area (Å²) in [6.07, 6.45) is 0.135. The van der Waals surface area contributed by atoms with E-state index in [0.29, 0.717) is 11.5 Å². The van der Waals surface area contributed by atoms with Crippen LogP contribution in [0.4, 0.5) is 0 Å². The summed E-state index contributed by atoms with van der Waals surface area (Å²) in [5, 5.41) is 0. The smallest absolute Gasteiger partial charge is 0.335 e. The van der Waals surface area contributed by atoms with Crippen molar-refractivity contribution in [3.05, 3.63) is 89.5 Å². The lowest BCUT2D eigenvalue weighted by atomic mass is 10.0. The highest BCUT2D eigenvalue weighted by molar-refractivity contribution is 6.22. The molecule has 0 spiro atoms. The number of esters is 1. The molecule has 0 saturated heterocycles. The molecule has 3 aromatic carbocycles. The third-order valence-corrected chi connectivity index (χ3v) is 5.24. The van der Waals surface area contributed by atoms with Gasteiger partial charge in [-0.3, -0.25) is 14.5 Å². The fraction of sp³-hybridized carbons (Fsp3) is 0.125. The average Bonchev–Trinajstić information content (AvgIpc) is 3.36. The van der Waals surface area contributed by atoms with Crippen LogP contribution in [0.5, 0.6) is 17.2 Å². The molecule has 0 fully saturated rings. The molecule has 5 rings (SSSR count). The summed E-state index contributed by atoms with van der Waals surface area (Å²) in [5.74, 6) is -0.471. The topological polar surface area (TPSA) is 82.1 Å². The minimum atomic E-state index is -1.12. The van der Waals surface area contributed by atoms with Crippen molar-refractivity contribution >= 4 is 17.8 Å². The number of carbonyl (C=O) groups is 3. The minimum absolute atomic E-state index is 0.0956. The largest absolute Gasteiger partial charge is 0.454 e. The normalized spacial score (nSPS) is 15.0. The highest BCUT2D eigenvalue weighted by Crippen LogP contribution is 2.35. The van der Waals surface area contributed by atoms with E-state index in [1.165, 1.54) is 0 Å². The second-order valence-electron chi connectivity index (χ2n) is 7.17. The van der Waals surface area contributed by atoms with Crippen LogP contribution in [-0.4, -0.2) is 35.5 Å². The number of imide groups is 1. The summed E-state index contributed by atoms with van der Waals surface area (Å²) in [6.45, 7) is 0.0956. The second kappa shape index (κ2) is 7.60. The van der Waals surface area contributed by atoms with Crippen LogP contribution >= 0.6 is 0 Å². The van der Waals surface area contributed by atoms with Gasteiger partial charge < -0.3 is 14.2 Å². The molecule has 0 saturated carbocycles. The van der Waals surface area contributed by atoms with E-state index in [2.05, 4.69) is 0 Å². The lowest BCUT2D eigenvalue weighted by Crippen LogP contribution is -2.48. The van der Waals surface area contributed by atoms with Crippen LogP contribution in [0, 0.1) is 0 Å². The molecule has 0 aliphatic carbocycles. The summed E-state index contributed by atoms with van der Waals surface area (Å²) >= 11 is 0. The predicted octanol–water partition coefficient (Wildman–Crippen LogP) is 3.23. The number of fused-ring (bicyclic) bond motifs is 2. The van der Waals surface area contributed by atoms with Gasteiger partial charge in [-0.1, -0.05) is 42.5 Å². The molecule has 2 aliphatic heterocycles. The van der Waals surface area contributed by atoms with Gasteiger partial charge in [0.25, 0.3) is 11.8 Å². The zero-order valence-electron chi connectivity index (χ0n) is 16.3. The van der Waals surface area contributed by atoms with Crippen molar-refractivity contribution < 1.29 is 28.6 Å². The lowest BCUT2D eigenvalue weighted by molar-refractivity contribution is -0.138. The Hall–Kier alpha value is -4.13. The molecule has 1 unspecified atom stereocenters. The number of nitrogens with zero attached hydrogens (tertiary/aromatic N) is 1. The molecular weight excluding hydrogens is 398 g/mol. The average molecular weight is 415 g/mol. The van der Waals surface area contributed by atoms with Gasteiger partial charge in [0.05, 0.1) is 11.1 Å². The zero-order chi connectivity index (χ0) is 21.4. The van der Waals surface area contributed by atoms with Crippen LogP contribution < -0.4 is 14.2 Å². The summed E-state index contributed by atoms with van der Waals surface area (Å²) < 4.78 is 16.2. The molecule has 2 aliphatic rings. The Kier molecular flexibility index (Phi) is 4.63. The van der Waals surface area contributed by atoms with E-state index < -0.39 is 23.8 Å². The van der Waals surface area contributed by atoms with Gasteiger partial charge in [-0.05, 0) is 29.8 Å². The van der Waals surface area contributed by atoms with E-state index in [9.17, 15) is 14.4 Å². The van der Waals surface area contributed by atoms with Gasteiger partial charge in [-0.2, -0.15) is 0 Å². The number of hydrogen-bond acceptors (Lipinski definition) is 6. The fourth-order valence-corrected chi connectivity index (χ4v) is 3.73. The Morgan fingerprint density at radius 3 is 2.23 bits per heavy atom. The lowest BCUT2D eigenvalue weighted by Gasteiger charge is -2.24. The van der Waals surface area contributed by atoms with Crippen molar-refractivity contribution in [2.75, 3.05) is 6.79 Å². The van der Waals surface area contributed by atoms with Gasteiger partial charge in [0.2, 0.25) is 6.79 Å². The number of ether oxygens (including phenoxy) is 3. The first-order valence-electron chi connectivity index (χ1n) is 9.74. The van der Waals surface area contributed by atoms with E-state index in [0.717, 1.165) is 10.5 Å². The third-order valence-electron chi connectivity index (χ3n) is 5.24. The monoisotopic (exact) mass is 415 g/mol. The Labute approximate surface area is 177 Å². The first-order chi connectivity index (χ1) is 15.1. The van der Waals surface area contributed by atoms with Gasteiger partial charge in [0.15, 0.2) is 11.5 Å². The van der Waals surface area contributed by atoms with Gasteiger partial charge in [0.1, 0.15) is 11.8 Å². The highest BCUT2D eigenvalue weighted by atomic mass is 16.7. The summed E-state index contributed by atoms with van der Waals surface area (Å²) in [7, 11) is 0. The molecule has 31 heavy (non-hydrogen) atoms. The molecule has 7 heteroatoms. The van der Waals surface area contributed by atoms with Crippen LogP contribution in [-0.2, 0) is 11.2 Å². The van der Waals surface area contributed by atoms with Crippen LogP contribution in [0.15, 0.2) is 72.8 Å². The molecule has 0 N–H and O–H groups in total. The van der Waals surface area contributed by atoms with Gasteiger partial charge in [0, 0.05) is 12.5 Å². The number of benzene rings is 3. The van der Waals surface area contributed by atoms with Crippen molar-refractivity contribution in [1.82, 2.24) is 4.90 Å². The Bertz CT molecular complexity index is 1150. The van der Waals surface area contributed by atoms with Gasteiger partial charge in [-0.25, -0.2) is 4.79 Å². The molecular formula is C24H17NO6. The second-order valence-corrected chi connectivity index (χ2v) is 7.17. The predicted molar refractivity (Wildman–Crippen MR) is 109 cm³/mol. The zero-order valence-corrected chi connectivity index (χ0v) is 16.3. The fourth-order valence-electron chi connectivity index (χ4n) is 3.73. The van der Waals surface area contributed by atoms with Gasteiger partial charge in [-0.15, -0.1) is 0 Å². The van der Waals surface area contributed by atoms with Crippen molar-refractivity contribution in [2.45, 2.75) is 12.5 Å². The molecule has 0 aromatic heterocycles. The standard InChI is InChI=1S/C24H17NO6/c26-22-17-8-4-5-9-18(17)23(27)25(22)19(12-15-6-2-1-3-7-15)24(28)31-16-10-11-20-21(13-16)30-14-29-20/h1-11,13,19H,12,14H2. The van der Waals surface area contributed by atoms with Gasteiger partial charge >= 0.3 is 5.97 Å². The molecule has 3 aromatic rings. The van der Waals surface area contributed by atoms with Crippen LogP contribution in [0.3, 0.4) is 0 Å². The van der Waals surface area contributed by atoms with Crippen LogP contribution in [0.2, 0.25) is 0 Å².